The number of amides is 1. The summed E-state index contributed by atoms with van der Waals surface area (Å²) in [6, 6.07) is 15.3. The molecule has 0 spiro atoms. The van der Waals surface area contributed by atoms with Crippen molar-refractivity contribution < 1.29 is 9.53 Å². The molecule has 0 bridgehead atoms. The minimum atomic E-state index is -0.457. The number of unbranched alkanes of at least 4 members (excludes halogenated alkanes) is 1. The summed E-state index contributed by atoms with van der Waals surface area (Å²) in [5.74, 6) is 0.904. The van der Waals surface area contributed by atoms with E-state index in [2.05, 4.69) is 12.2 Å². The summed E-state index contributed by atoms with van der Waals surface area (Å²) in [6.07, 6.45) is 6.04. The molecule has 2 aromatic rings. The van der Waals surface area contributed by atoms with Crippen molar-refractivity contribution in [2.45, 2.75) is 50.9 Å². The van der Waals surface area contributed by atoms with Gasteiger partial charge in [-0.1, -0.05) is 49.9 Å². The molecule has 0 heterocycles. The highest BCUT2D eigenvalue weighted by Gasteiger charge is 2.42. The molecule has 26 heavy (non-hydrogen) atoms. The summed E-state index contributed by atoms with van der Waals surface area (Å²) < 4.78 is 5.68. The van der Waals surface area contributed by atoms with Gasteiger partial charge >= 0.3 is 0 Å². The van der Waals surface area contributed by atoms with Crippen LogP contribution in [0, 0.1) is 0 Å². The first kappa shape index (κ1) is 18.8. The van der Waals surface area contributed by atoms with E-state index in [1.165, 1.54) is 0 Å². The van der Waals surface area contributed by atoms with Gasteiger partial charge < -0.3 is 10.1 Å². The maximum absolute atomic E-state index is 13.1. The van der Waals surface area contributed by atoms with Crippen molar-refractivity contribution in [2.75, 3.05) is 11.9 Å². The number of ether oxygens (including phenoxy) is 1. The van der Waals surface area contributed by atoms with Crippen molar-refractivity contribution in [3.63, 3.8) is 0 Å². The zero-order valence-corrected chi connectivity index (χ0v) is 16.0. The van der Waals surface area contributed by atoms with Gasteiger partial charge in [0.2, 0.25) is 5.91 Å². The number of carbonyl (C=O) groups excluding carboxylic acids is 1. The molecule has 2 aromatic carbocycles. The van der Waals surface area contributed by atoms with Crippen LogP contribution in [0.25, 0.3) is 0 Å². The molecule has 138 valence electrons. The molecule has 0 radical (unpaired) electrons. The normalized spacial score (nSPS) is 15.6. The molecule has 1 fully saturated rings. The summed E-state index contributed by atoms with van der Waals surface area (Å²) in [5, 5.41) is 3.80. The van der Waals surface area contributed by atoms with Crippen molar-refractivity contribution in [2.24, 2.45) is 0 Å². The lowest BCUT2D eigenvalue weighted by molar-refractivity contribution is -0.121. The van der Waals surface area contributed by atoms with Gasteiger partial charge in [-0.2, -0.15) is 0 Å². The third-order valence-electron chi connectivity index (χ3n) is 5.17. The predicted octanol–water partition coefficient (Wildman–Crippen LogP) is 5.97. The smallest absolute Gasteiger partial charge is 0.235 e. The fourth-order valence-electron chi connectivity index (χ4n) is 3.61. The Morgan fingerprint density at radius 3 is 2.35 bits per heavy atom. The molecule has 0 unspecified atom stereocenters. The molecule has 3 nitrogen and oxygen atoms in total. The molecule has 0 saturated heterocycles. The number of benzene rings is 2. The lowest BCUT2D eigenvalue weighted by Crippen LogP contribution is -2.37. The Bertz CT molecular complexity index is 719. The van der Waals surface area contributed by atoms with E-state index in [1.54, 1.807) is 0 Å². The first-order chi connectivity index (χ1) is 12.6. The third kappa shape index (κ3) is 4.21. The molecule has 4 heteroatoms. The molecule has 0 atom stereocenters. The summed E-state index contributed by atoms with van der Waals surface area (Å²) in [4.78, 5) is 13.1. The molecule has 1 amide bonds. The zero-order chi connectivity index (χ0) is 18.4. The van der Waals surface area contributed by atoms with Crippen LogP contribution in [0.15, 0.2) is 48.5 Å². The van der Waals surface area contributed by atoms with E-state index < -0.39 is 5.41 Å². The van der Waals surface area contributed by atoms with E-state index in [4.69, 9.17) is 16.3 Å². The van der Waals surface area contributed by atoms with Crippen LogP contribution in [0.2, 0.25) is 5.02 Å². The summed E-state index contributed by atoms with van der Waals surface area (Å²) in [7, 11) is 0. The Balaban J connectivity index is 1.71. The quantitative estimate of drug-likeness (QED) is 0.609. The molecule has 1 saturated carbocycles. The van der Waals surface area contributed by atoms with Crippen LogP contribution in [0.3, 0.4) is 0 Å². The van der Waals surface area contributed by atoms with E-state index in [0.29, 0.717) is 5.02 Å². The summed E-state index contributed by atoms with van der Waals surface area (Å²) >= 11 is 6.02. The highest BCUT2D eigenvalue weighted by Crippen LogP contribution is 2.42. The minimum Gasteiger partial charge on any atom is -0.494 e. The Labute approximate surface area is 160 Å². The molecular formula is C22H26ClNO2. The average molecular weight is 372 g/mol. The molecule has 0 aliphatic heterocycles. The fourth-order valence-corrected chi connectivity index (χ4v) is 3.74. The monoisotopic (exact) mass is 371 g/mol. The fraction of sp³-hybridized carbons (Fsp3) is 0.409. The number of rotatable bonds is 7. The Morgan fingerprint density at radius 2 is 1.73 bits per heavy atom. The molecule has 1 aliphatic rings. The molecule has 1 N–H and O–H groups in total. The van der Waals surface area contributed by atoms with Gasteiger partial charge in [-0.15, -0.1) is 0 Å². The number of halogens is 1. The second-order valence-electron chi connectivity index (χ2n) is 6.98. The second kappa shape index (κ2) is 8.59. The van der Waals surface area contributed by atoms with Crippen LogP contribution in [0.4, 0.5) is 5.69 Å². The third-order valence-corrected chi connectivity index (χ3v) is 5.42. The van der Waals surface area contributed by atoms with Gasteiger partial charge in [0.1, 0.15) is 5.75 Å². The number of hydrogen-bond donors (Lipinski definition) is 1. The SMILES string of the molecule is CCCCOc1ccc(NC(=O)C2(c3ccc(Cl)cc3)CCCC2)cc1. The van der Waals surface area contributed by atoms with Crippen molar-refractivity contribution in [3.05, 3.63) is 59.1 Å². The highest BCUT2D eigenvalue weighted by molar-refractivity contribution is 6.30. The molecule has 3 rings (SSSR count). The zero-order valence-electron chi connectivity index (χ0n) is 15.3. The predicted molar refractivity (Wildman–Crippen MR) is 107 cm³/mol. The molecule has 1 aliphatic carbocycles. The summed E-state index contributed by atoms with van der Waals surface area (Å²) in [6.45, 7) is 2.86. The lowest BCUT2D eigenvalue weighted by Gasteiger charge is -2.28. The van der Waals surface area contributed by atoms with E-state index in [-0.39, 0.29) is 5.91 Å². The number of anilines is 1. The van der Waals surface area contributed by atoms with Crippen LogP contribution in [0.5, 0.6) is 5.75 Å². The lowest BCUT2D eigenvalue weighted by atomic mass is 9.78. The van der Waals surface area contributed by atoms with Crippen molar-refractivity contribution in [1.29, 1.82) is 0 Å². The summed E-state index contributed by atoms with van der Waals surface area (Å²) in [5.41, 5.74) is 1.40. The Morgan fingerprint density at radius 1 is 1.08 bits per heavy atom. The van der Waals surface area contributed by atoms with Crippen molar-refractivity contribution in [1.82, 2.24) is 0 Å². The highest BCUT2D eigenvalue weighted by atomic mass is 35.5. The van der Waals surface area contributed by atoms with Gasteiger partial charge in [0.05, 0.1) is 12.0 Å². The molecular weight excluding hydrogens is 346 g/mol. The number of carbonyl (C=O) groups is 1. The van der Waals surface area contributed by atoms with Gasteiger partial charge in [0.25, 0.3) is 0 Å². The van der Waals surface area contributed by atoms with Gasteiger partial charge in [-0.3, -0.25) is 4.79 Å². The first-order valence-corrected chi connectivity index (χ1v) is 9.82. The Kier molecular flexibility index (Phi) is 6.20. The minimum absolute atomic E-state index is 0.0666. The van der Waals surface area contributed by atoms with Crippen molar-refractivity contribution in [3.8, 4) is 5.75 Å². The largest absolute Gasteiger partial charge is 0.494 e. The second-order valence-corrected chi connectivity index (χ2v) is 7.41. The van der Waals surface area contributed by atoms with Crippen LogP contribution >= 0.6 is 11.6 Å². The van der Waals surface area contributed by atoms with E-state index in [9.17, 15) is 4.79 Å². The van der Waals surface area contributed by atoms with Gasteiger partial charge in [0, 0.05) is 10.7 Å². The average Bonchev–Trinajstić information content (AvgIpc) is 3.15. The van der Waals surface area contributed by atoms with E-state index in [1.807, 2.05) is 48.5 Å². The van der Waals surface area contributed by atoms with Crippen LogP contribution < -0.4 is 10.1 Å². The van der Waals surface area contributed by atoms with Gasteiger partial charge in [-0.25, -0.2) is 0 Å². The van der Waals surface area contributed by atoms with E-state index >= 15 is 0 Å². The maximum Gasteiger partial charge on any atom is 0.235 e. The van der Waals surface area contributed by atoms with Crippen LogP contribution in [0.1, 0.15) is 51.0 Å². The first-order valence-electron chi connectivity index (χ1n) is 9.44. The van der Waals surface area contributed by atoms with Gasteiger partial charge in [0.15, 0.2) is 0 Å². The molecule has 0 aromatic heterocycles. The maximum atomic E-state index is 13.1. The van der Waals surface area contributed by atoms with Gasteiger partial charge in [-0.05, 0) is 61.2 Å². The Hall–Kier alpha value is -2.00. The van der Waals surface area contributed by atoms with Crippen LogP contribution in [-0.2, 0) is 10.2 Å². The van der Waals surface area contributed by atoms with Crippen molar-refractivity contribution >= 4 is 23.2 Å². The number of nitrogens with one attached hydrogen (secondary N) is 1. The van der Waals surface area contributed by atoms with Crippen LogP contribution in [-0.4, -0.2) is 12.5 Å². The number of hydrogen-bond acceptors (Lipinski definition) is 2. The standard InChI is InChI=1S/C22H26ClNO2/c1-2-3-16-26-20-12-10-19(11-13-20)24-21(25)22(14-4-5-15-22)17-6-8-18(23)9-7-17/h6-13H,2-5,14-16H2,1H3,(H,24,25). The van der Waals surface area contributed by atoms with E-state index in [0.717, 1.165) is 62.1 Å². The topological polar surface area (TPSA) is 38.3 Å².